The molecular formula is C25H16FNO. The van der Waals surface area contributed by atoms with E-state index < -0.39 is 0 Å². The third-order valence-corrected chi connectivity index (χ3v) is 4.43. The van der Waals surface area contributed by atoms with Gasteiger partial charge in [0.2, 0.25) is 0 Å². The summed E-state index contributed by atoms with van der Waals surface area (Å²) in [5.41, 5.74) is 4.37. The van der Waals surface area contributed by atoms with Crippen LogP contribution in [0.25, 0.3) is 11.1 Å². The molecule has 4 aromatic rings. The highest BCUT2D eigenvalue weighted by Gasteiger charge is 2.17. The Kier molecular flexibility index (Phi) is 4.86. The largest absolute Gasteiger partial charge is 0.366 e. The SMILES string of the molecule is O=C(c1ccc(F)cc1)c1c[nH]cc1-c1ccccc1C#Cc1ccccc1. The van der Waals surface area contributed by atoms with E-state index in [1.165, 1.54) is 24.3 Å². The van der Waals surface area contributed by atoms with Gasteiger partial charge in [-0.1, -0.05) is 48.2 Å². The number of H-pyrrole nitrogens is 1. The van der Waals surface area contributed by atoms with Crippen molar-refractivity contribution >= 4 is 5.78 Å². The molecule has 0 amide bonds. The molecule has 0 aliphatic rings. The summed E-state index contributed by atoms with van der Waals surface area (Å²) in [6.07, 6.45) is 3.46. The fourth-order valence-corrected chi connectivity index (χ4v) is 3.02. The first-order valence-corrected chi connectivity index (χ1v) is 8.86. The van der Waals surface area contributed by atoms with Crippen molar-refractivity contribution < 1.29 is 9.18 Å². The Morgan fingerprint density at radius 3 is 2.25 bits per heavy atom. The van der Waals surface area contributed by atoms with Crippen molar-refractivity contribution in [3.63, 3.8) is 0 Å². The van der Waals surface area contributed by atoms with Crippen LogP contribution in [0.15, 0.2) is 91.3 Å². The smallest absolute Gasteiger partial charge is 0.195 e. The predicted molar refractivity (Wildman–Crippen MR) is 108 cm³/mol. The number of aromatic nitrogens is 1. The van der Waals surface area contributed by atoms with E-state index in [-0.39, 0.29) is 11.6 Å². The van der Waals surface area contributed by atoms with Gasteiger partial charge in [0.25, 0.3) is 0 Å². The molecule has 4 rings (SSSR count). The molecule has 1 aromatic heterocycles. The second-order valence-corrected chi connectivity index (χ2v) is 6.28. The summed E-state index contributed by atoms with van der Waals surface area (Å²) in [5.74, 6) is 5.84. The fourth-order valence-electron chi connectivity index (χ4n) is 3.02. The van der Waals surface area contributed by atoms with E-state index in [4.69, 9.17) is 0 Å². The quantitative estimate of drug-likeness (QED) is 0.380. The first kappa shape index (κ1) is 17.5. The Labute approximate surface area is 162 Å². The second kappa shape index (κ2) is 7.77. The van der Waals surface area contributed by atoms with E-state index in [0.717, 1.165) is 22.3 Å². The number of carbonyl (C=O) groups is 1. The van der Waals surface area contributed by atoms with Gasteiger partial charge >= 0.3 is 0 Å². The van der Waals surface area contributed by atoms with Gasteiger partial charge in [0.15, 0.2) is 5.78 Å². The molecule has 0 radical (unpaired) electrons. The van der Waals surface area contributed by atoms with Gasteiger partial charge in [-0.3, -0.25) is 4.79 Å². The fraction of sp³-hybridized carbons (Fsp3) is 0. The maximum Gasteiger partial charge on any atom is 0.195 e. The van der Waals surface area contributed by atoms with Crippen molar-refractivity contribution in [2.45, 2.75) is 0 Å². The molecule has 0 unspecified atom stereocenters. The molecular weight excluding hydrogens is 349 g/mol. The maximum absolute atomic E-state index is 13.2. The monoisotopic (exact) mass is 365 g/mol. The van der Waals surface area contributed by atoms with Gasteiger partial charge in [-0.05, 0) is 48.0 Å². The van der Waals surface area contributed by atoms with Gasteiger partial charge in [0.05, 0.1) is 0 Å². The minimum atomic E-state index is -0.368. The number of nitrogens with one attached hydrogen (secondary N) is 1. The molecule has 134 valence electrons. The van der Waals surface area contributed by atoms with Crippen LogP contribution in [-0.4, -0.2) is 10.8 Å². The number of ketones is 1. The summed E-state index contributed by atoms with van der Waals surface area (Å²) in [6, 6.07) is 23.0. The summed E-state index contributed by atoms with van der Waals surface area (Å²) in [6.45, 7) is 0. The lowest BCUT2D eigenvalue weighted by Gasteiger charge is -2.06. The van der Waals surface area contributed by atoms with Crippen molar-refractivity contribution in [3.8, 4) is 23.0 Å². The Morgan fingerprint density at radius 1 is 0.750 bits per heavy atom. The van der Waals surface area contributed by atoms with E-state index >= 15 is 0 Å². The summed E-state index contributed by atoms with van der Waals surface area (Å²) >= 11 is 0. The van der Waals surface area contributed by atoms with E-state index in [2.05, 4.69) is 16.8 Å². The molecule has 3 aromatic carbocycles. The molecule has 0 fully saturated rings. The normalized spacial score (nSPS) is 10.2. The van der Waals surface area contributed by atoms with E-state index in [0.29, 0.717) is 11.1 Å². The average Bonchev–Trinajstić information content (AvgIpc) is 3.23. The molecule has 1 N–H and O–H groups in total. The van der Waals surface area contributed by atoms with Crippen LogP contribution in [0.2, 0.25) is 0 Å². The van der Waals surface area contributed by atoms with Crippen molar-refractivity contribution in [1.82, 2.24) is 4.98 Å². The van der Waals surface area contributed by atoms with Crippen molar-refractivity contribution in [2.75, 3.05) is 0 Å². The lowest BCUT2D eigenvalue weighted by Crippen LogP contribution is -2.02. The lowest BCUT2D eigenvalue weighted by atomic mass is 9.95. The minimum Gasteiger partial charge on any atom is -0.366 e. The van der Waals surface area contributed by atoms with Gasteiger partial charge < -0.3 is 4.98 Å². The Bertz CT molecular complexity index is 1180. The van der Waals surface area contributed by atoms with Crippen LogP contribution in [-0.2, 0) is 0 Å². The zero-order chi connectivity index (χ0) is 19.3. The van der Waals surface area contributed by atoms with Gasteiger partial charge in [0, 0.05) is 40.2 Å². The van der Waals surface area contributed by atoms with E-state index in [1.54, 1.807) is 12.4 Å². The topological polar surface area (TPSA) is 32.9 Å². The molecule has 0 saturated heterocycles. The molecule has 1 heterocycles. The van der Waals surface area contributed by atoms with Crippen LogP contribution in [0.5, 0.6) is 0 Å². The second-order valence-electron chi connectivity index (χ2n) is 6.28. The highest BCUT2D eigenvalue weighted by atomic mass is 19.1. The van der Waals surface area contributed by atoms with Crippen LogP contribution in [0.1, 0.15) is 27.0 Å². The van der Waals surface area contributed by atoms with Crippen LogP contribution >= 0.6 is 0 Å². The standard InChI is InChI=1S/C25H16FNO/c26-21-14-12-20(13-15-21)25(28)24-17-27-16-23(24)22-9-5-4-8-19(22)11-10-18-6-2-1-3-7-18/h1-9,12-17,27H. The van der Waals surface area contributed by atoms with Crippen molar-refractivity contribution in [2.24, 2.45) is 0 Å². The Morgan fingerprint density at radius 2 is 1.46 bits per heavy atom. The number of hydrogen-bond acceptors (Lipinski definition) is 1. The van der Waals surface area contributed by atoms with Crippen LogP contribution in [0, 0.1) is 17.7 Å². The van der Waals surface area contributed by atoms with Crippen molar-refractivity contribution in [1.29, 1.82) is 0 Å². The molecule has 0 aliphatic heterocycles. The van der Waals surface area contributed by atoms with Crippen LogP contribution in [0.4, 0.5) is 4.39 Å². The van der Waals surface area contributed by atoms with E-state index in [1.807, 2.05) is 54.6 Å². The number of rotatable bonds is 3. The molecule has 0 bridgehead atoms. The molecule has 28 heavy (non-hydrogen) atoms. The summed E-state index contributed by atoms with van der Waals surface area (Å²) in [4.78, 5) is 15.9. The molecule has 0 spiro atoms. The first-order chi connectivity index (χ1) is 13.7. The number of hydrogen-bond donors (Lipinski definition) is 1. The molecule has 0 saturated carbocycles. The zero-order valence-electron chi connectivity index (χ0n) is 14.9. The highest BCUT2D eigenvalue weighted by Crippen LogP contribution is 2.28. The Balaban J connectivity index is 1.74. The highest BCUT2D eigenvalue weighted by molar-refractivity contribution is 6.13. The van der Waals surface area contributed by atoms with Crippen LogP contribution in [0.3, 0.4) is 0 Å². The number of carbonyl (C=O) groups excluding carboxylic acids is 1. The molecule has 2 nitrogen and oxygen atoms in total. The summed E-state index contributed by atoms with van der Waals surface area (Å²) < 4.78 is 13.2. The average molecular weight is 365 g/mol. The number of halogens is 1. The molecule has 3 heteroatoms. The van der Waals surface area contributed by atoms with Gasteiger partial charge in [-0.2, -0.15) is 0 Å². The Hall–Kier alpha value is -3.90. The van der Waals surface area contributed by atoms with E-state index in [9.17, 15) is 9.18 Å². The van der Waals surface area contributed by atoms with Gasteiger partial charge in [-0.15, -0.1) is 0 Å². The van der Waals surface area contributed by atoms with Gasteiger partial charge in [-0.25, -0.2) is 4.39 Å². The minimum absolute atomic E-state index is 0.165. The van der Waals surface area contributed by atoms with Crippen molar-refractivity contribution in [3.05, 3.63) is 119 Å². The third-order valence-electron chi connectivity index (χ3n) is 4.43. The molecule has 0 atom stereocenters. The summed E-state index contributed by atoms with van der Waals surface area (Å²) in [5, 5.41) is 0. The molecule has 0 aliphatic carbocycles. The predicted octanol–water partition coefficient (Wildman–Crippen LogP) is 5.45. The van der Waals surface area contributed by atoms with Gasteiger partial charge in [0.1, 0.15) is 5.82 Å². The zero-order valence-corrected chi connectivity index (χ0v) is 14.9. The summed E-state index contributed by atoms with van der Waals surface area (Å²) in [7, 11) is 0. The third kappa shape index (κ3) is 3.62. The van der Waals surface area contributed by atoms with Crippen LogP contribution < -0.4 is 0 Å². The number of aromatic amines is 1. The lowest BCUT2D eigenvalue weighted by molar-refractivity contribution is 0.103. The first-order valence-electron chi connectivity index (χ1n) is 8.86. The maximum atomic E-state index is 13.2. The number of benzene rings is 3.